The van der Waals surface area contributed by atoms with Gasteiger partial charge in [0.1, 0.15) is 5.60 Å². The van der Waals surface area contributed by atoms with Gasteiger partial charge in [0.15, 0.2) is 18.4 Å². The Labute approximate surface area is 282 Å². The molecule has 5 saturated carbocycles. The fourth-order valence-corrected chi connectivity index (χ4v) is 14.4. The summed E-state index contributed by atoms with van der Waals surface area (Å²) in [6.45, 7) is 13.8. The number of aliphatic hydroxyl groups is 2. The van der Waals surface area contributed by atoms with Gasteiger partial charge >= 0.3 is 5.97 Å². The Bertz CT molecular complexity index is 1230. The van der Waals surface area contributed by atoms with E-state index in [1.54, 1.807) is 0 Å². The van der Waals surface area contributed by atoms with E-state index in [1.807, 2.05) is 0 Å². The van der Waals surface area contributed by atoms with Gasteiger partial charge in [-0.2, -0.15) is 0 Å². The molecule has 9 unspecified atom stereocenters. The van der Waals surface area contributed by atoms with Crippen LogP contribution in [0.3, 0.4) is 0 Å². The summed E-state index contributed by atoms with van der Waals surface area (Å²) in [6, 6.07) is 0. The van der Waals surface area contributed by atoms with Gasteiger partial charge in [0.2, 0.25) is 0 Å². The molecule has 8 rings (SSSR count). The normalized spacial score (nSPS) is 58.6. The molecule has 1 spiro atoms. The van der Waals surface area contributed by atoms with Crippen LogP contribution in [-0.4, -0.2) is 63.6 Å². The van der Waals surface area contributed by atoms with Gasteiger partial charge in [0.25, 0.3) is 0 Å². The summed E-state index contributed by atoms with van der Waals surface area (Å²) in [4.78, 5) is 11.3. The Morgan fingerprint density at radius 2 is 1.55 bits per heavy atom. The quantitative estimate of drug-likeness (QED) is 0.269. The summed E-state index contributed by atoms with van der Waals surface area (Å²) >= 11 is 0. The number of aliphatic hydroxyl groups excluding tert-OH is 2. The zero-order chi connectivity index (χ0) is 33.3. The average Bonchev–Trinajstić information content (AvgIpc) is 3.48. The molecule has 5 aliphatic carbocycles. The summed E-state index contributed by atoms with van der Waals surface area (Å²) in [5.41, 5.74) is -0.329. The predicted octanol–water partition coefficient (Wildman–Crippen LogP) is 6.75. The minimum absolute atomic E-state index is 0.0112. The Morgan fingerprint density at radius 3 is 2.32 bits per heavy atom. The number of aliphatic carboxylic acids is 1. The lowest BCUT2D eigenvalue weighted by Gasteiger charge is -2.64. The highest BCUT2D eigenvalue weighted by Gasteiger charge is 2.72. The van der Waals surface area contributed by atoms with Crippen LogP contribution in [-0.2, 0) is 23.7 Å². The summed E-state index contributed by atoms with van der Waals surface area (Å²) in [7, 11) is 0. The van der Waals surface area contributed by atoms with E-state index in [4.69, 9.17) is 18.9 Å². The molecule has 3 saturated heterocycles. The molecule has 8 fully saturated rings. The number of carbonyl (C=O) groups is 1. The van der Waals surface area contributed by atoms with Crippen molar-refractivity contribution in [3.05, 3.63) is 0 Å². The van der Waals surface area contributed by atoms with Gasteiger partial charge in [-0.1, -0.05) is 34.6 Å². The molecule has 8 heteroatoms. The number of hydrogen-bond donors (Lipinski definition) is 3. The molecule has 0 amide bonds. The number of carboxylic acid groups (broad SMARTS) is 1. The molecule has 8 aliphatic rings. The number of carboxylic acids is 1. The first-order valence-electron chi connectivity index (χ1n) is 19.5. The Kier molecular flexibility index (Phi) is 8.07. The van der Waals surface area contributed by atoms with Crippen LogP contribution in [0, 0.1) is 70.0 Å². The fraction of sp³-hybridized carbons (Fsp3) is 0.974. The highest BCUT2D eigenvalue weighted by atomic mass is 16.9. The average molecular weight is 659 g/mol. The molecule has 2 bridgehead atoms. The standard InChI is InChI=1S/C39H62O8/c1-20(8-12-30(40)41)24-10-11-27-31-28(14-17-36(24,27)4)37(5)16-13-23(19-29(37)32(42)33(31)43)44-34-22(3)26-9-7-21(2)25-15-18-38(6)46-35(45-34)39(25,26)47-38/h20-29,31-35,42-43H,7-19H2,1-6H3,(H,40,41)/t20-,21-,22-,23-,24-,25?,26?,27?,28?,29?,31?,32-,33+,34?,35?,36-,37-,38-,39?/m1/s1. The van der Waals surface area contributed by atoms with Crippen molar-refractivity contribution in [2.45, 2.75) is 167 Å². The van der Waals surface area contributed by atoms with Crippen molar-refractivity contribution >= 4 is 5.97 Å². The van der Waals surface area contributed by atoms with Crippen molar-refractivity contribution < 1.29 is 39.1 Å². The van der Waals surface area contributed by atoms with Crippen molar-refractivity contribution in [3.8, 4) is 0 Å². The maximum absolute atomic E-state index is 11.9. The van der Waals surface area contributed by atoms with Gasteiger partial charge < -0.3 is 34.3 Å². The van der Waals surface area contributed by atoms with Gasteiger partial charge in [-0.05, 0) is 136 Å². The molecule has 3 heterocycles. The molecule has 3 N–H and O–H groups in total. The molecule has 0 radical (unpaired) electrons. The van der Waals surface area contributed by atoms with Crippen molar-refractivity contribution in [3.63, 3.8) is 0 Å². The summed E-state index contributed by atoms with van der Waals surface area (Å²) < 4.78 is 27.2. The summed E-state index contributed by atoms with van der Waals surface area (Å²) in [6.07, 6.45) is 10.1. The molecule has 47 heavy (non-hydrogen) atoms. The van der Waals surface area contributed by atoms with E-state index >= 15 is 0 Å². The summed E-state index contributed by atoms with van der Waals surface area (Å²) in [5, 5.41) is 33.2. The smallest absolute Gasteiger partial charge is 0.303 e. The first-order chi connectivity index (χ1) is 22.2. The number of hydrogen-bond acceptors (Lipinski definition) is 7. The number of fused-ring (bicyclic) bond motifs is 6. The van der Waals surface area contributed by atoms with Crippen LogP contribution in [0.5, 0.6) is 0 Å². The second-order valence-corrected chi connectivity index (χ2v) is 18.8. The highest BCUT2D eigenvalue weighted by molar-refractivity contribution is 5.66. The second kappa shape index (κ2) is 11.4. The SMILES string of the molecule is C[C@H]1C(O[C@@H]2CC[C@]3(C)C4CC[C@@]5(C)C(CC[C@@H]5[C@H](C)CCC(=O)O)C4[C@H](O)[C@H](O)C3C2)OC2O[C@@]3(C)CCC4[C@H](C)CCC1C24O3. The molecule has 0 aromatic carbocycles. The first-order valence-corrected chi connectivity index (χ1v) is 19.5. The molecule has 266 valence electrons. The van der Waals surface area contributed by atoms with Gasteiger partial charge in [-0.25, -0.2) is 0 Å². The van der Waals surface area contributed by atoms with Crippen LogP contribution in [0.1, 0.15) is 125 Å². The van der Waals surface area contributed by atoms with E-state index in [-0.39, 0.29) is 53.0 Å². The highest BCUT2D eigenvalue weighted by Crippen LogP contribution is 2.69. The monoisotopic (exact) mass is 658 g/mol. The number of rotatable bonds is 6. The fourth-order valence-electron chi connectivity index (χ4n) is 14.4. The maximum atomic E-state index is 11.9. The van der Waals surface area contributed by atoms with Gasteiger partial charge in [-0.3, -0.25) is 4.79 Å². The Balaban J connectivity index is 0.976. The van der Waals surface area contributed by atoms with E-state index in [1.165, 1.54) is 6.42 Å². The zero-order valence-electron chi connectivity index (χ0n) is 29.7. The van der Waals surface area contributed by atoms with Crippen LogP contribution in [0.25, 0.3) is 0 Å². The molecular weight excluding hydrogens is 596 g/mol. The van der Waals surface area contributed by atoms with Crippen LogP contribution >= 0.6 is 0 Å². The van der Waals surface area contributed by atoms with Crippen LogP contribution in [0.4, 0.5) is 0 Å². The minimum Gasteiger partial charge on any atom is -0.481 e. The minimum atomic E-state index is -0.766. The lowest BCUT2D eigenvalue weighted by atomic mass is 9.43. The topological polar surface area (TPSA) is 115 Å². The lowest BCUT2D eigenvalue weighted by Crippen LogP contribution is -2.67. The van der Waals surface area contributed by atoms with Gasteiger partial charge in [0, 0.05) is 24.7 Å². The van der Waals surface area contributed by atoms with Gasteiger partial charge in [-0.15, -0.1) is 0 Å². The van der Waals surface area contributed by atoms with Crippen molar-refractivity contribution in [2.75, 3.05) is 0 Å². The largest absolute Gasteiger partial charge is 0.481 e. The Morgan fingerprint density at radius 1 is 0.851 bits per heavy atom. The number of ether oxygens (including phenoxy) is 4. The second-order valence-electron chi connectivity index (χ2n) is 18.8. The van der Waals surface area contributed by atoms with Crippen molar-refractivity contribution in [2.24, 2.45) is 70.0 Å². The van der Waals surface area contributed by atoms with E-state index in [0.29, 0.717) is 47.8 Å². The van der Waals surface area contributed by atoms with Crippen LogP contribution in [0.15, 0.2) is 0 Å². The molecular formula is C39H62O8. The lowest BCUT2D eigenvalue weighted by molar-refractivity contribution is -0.349. The van der Waals surface area contributed by atoms with E-state index in [9.17, 15) is 20.1 Å². The third-order valence-corrected chi connectivity index (χ3v) is 16.7. The predicted molar refractivity (Wildman–Crippen MR) is 175 cm³/mol. The molecule has 8 nitrogen and oxygen atoms in total. The maximum Gasteiger partial charge on any atom is 0.303 e. The van der Waals surface area contributed by atoms with Crippen LogP contribution < -0.4 is 0 Å². The zero-order valence-corrected chi connectivity index (χ0v) is 29.7. The van der Waals surface area contributed by atoms with Crippen molar-refractivity contribution in [1.29, 1.82) is 0 Å². The third-order valence-electron chi connectivity index (χ3n) is 16.7. The molecule has 3 aliphatic heterocycles. The van der Waals surface area contributed by atoms with E-state index in [0.717, 1.165) is 64.2 Å². The van der Waals surface area contributed by atoms with Crippen molar-refractivity contribution in [1.82, 2.24) is 0 Å². The van der Waals surface area contributed by atoms with Crippen LogP contribution in [0.2, 0.25) is 0 Å². The first kappa shape index (κ1) is 33.4. The van der Waals surface area contributed by atoms with Gasteiger partial charge in [0.05, 0.1) is 18.3 Å². The molecule has 0 aromatic rings. The summed E-state index contributed by atoms with van der Waals surface area (Å²) in [5.74, 6) is 1.95. The van der Waals surface area contributed by atoms with E-state index < -0.39 is 30.3 Å². The van der Waals surface area contributed by atoms with E-state index in [2.05, 4.69) is 41.5 Å². The molecule has 19 atom stereocenters. The Hall–Kier alpha value is -0.770. The third kappa shape index (κ3) is 4.76. The molecule has 0 aromatic heterocycles.